The summed E-state index contributed by atoms with van der Waals surface area (Å²) in [4.78, 5) is 25.5. The minimum Gasteiger partial charge on any atom is -0.369 e. The smallest absolute Gasteiger partial charge is 0.223 e. The summed E-state index contributed by atoms with van der Waals surface area (Å²) < 4.78 is 13.6. The topological polar surface area (TPSA) is 73.1 Å². The van der Waals surface area contributed by atoms with E-state index in [1.165, 1.54) is 12.3 Å². The molecule has 0 spiro atoms. The van der Waals surface area contributed by atoms with Crippen LogP contribution in [0.15, 0.2) is 12.3 Å². The van der Waals surface area contributed by atoms with Crippen molar-refractivity contribution in [3.8, 4) is 0 Å². The van der Waals surface area contributed by atoms with Gasteiger partial charge in [-0.05, 0) is 6.07 Å². The predicted octanol–water partition coefficient (Wildman–Crippen LogP) is 0.826. The zero-order valence-electron chi connectivity index (χ0n) is 7.67. The van der Waals surface area contributed by atoms with Crippen molar-refractivity contribution in [2.75, 3.05) is 5.33 Å². The minimum atomic E-state index is -0.777. The second-order valence-corrected chi connectivity index (χ2v) is 3.38. The number of alkyl halides is 1. The first-order valence-electron chi connectivity index (χ1n) is 4.07. The van der Waals surface area contributed by atoms with E-state index < -0.39 is 17.5 Å². The molecule has 0 unspecified atom stereocenters. The monoisotopic (exact) mass is 274 g/mol. The Kier molecular flexibility index (Phi) is 3.90. The Morgan fingerprint density at radius 1 is 1.53 bits per heavy atom. The summed E-state index contributed by atoms with van der Waals surface area (Å²) in [5.74, 6) is -1.87. The molecule has 0 bridgehead atoms. The molecule has 4 nitrogen and oxygen atoms in total. The molecular weight excluding hydrogens is 267 g/mol. The van der Waals surface area contributed by atoms with Crippen LogP contribution in [-0.2, 0) is 11.2 Å². The lowest BCUT2D eigenvalue weighted by molar-refractivity contribution is -0.117. The molecule has 2 N–H and O–H groups in total. The molecular formula is C9H8BrFN2O2. The summed E-state index contributed by atoms with van der Waals surface area (Å²) in [7, 11) is 0. The predicted molar refractivity (Wildman–Crippen MR) is 55.2 cm³/mol. The molecule has 80 valence electrons. The number of aromatic nitrogens is 1. The lowest BCUT2D eigenvalue weighted by Crippen LogP contribution is -2.17. The summed E-state index contributed by atoms with van der Waals surface area (Å²) in [5, 5.41) is 0.0178. The molecule has 1 rings (SSSR count). The Bertz CT molecular complexity index is 409. The number of Topliss-reactive ketones (excluding diaryl/α,β-unsaturated/α-hetero) is 1. The molecule has 1 heterocycles. The van der Waals surface area contributed by atoms with E-state index in [1.807, 2.05) is 0 Å². The van der Waals surface area contributed by atoms with Crippen LogP contribution in [0.4, 0.5) is 4.39 Å². The van der Waals surface area contributed by atoms with Gasteiger partial charge in [0.25, 0.3) is 0 Å². The first-order chi connectivity index (χ1) is 7.06. The van der Waals surface area contributed by atoms with E-state index in [-0.39, 0.29) is 23.0 Å². The van der Waals surface area contributed by atoms with Gasteiger partial charge in [0, 0.05) is 6.20 Å². The van der Waals surface area contributed by atoms with Crippen LogP contribution in [0.1, 0.15) is 16.1 Å². The molecule has 0 radical (unpaired) electrons. The van der Waals surface area contributed by atoms with Crippen molar-refractivity contribution in [2.45, 2.75) is 6.42 Å². The van der Waals surface area contributed by atoms with Gasteiger partial charge in [-0.2, -0.15) is 0 Å². The van der Waals surface area contributed by atoms with Gasteiger partial charge < -0.3 is 5.73 Å². The average Bonchev–Trinajstić information content (AvgIpc) is 2.19. The summed E-state index contributed by atoms with van der Waals surface area (Å²) >= 11 is 2.93. The van der Waals surface area contributed by atoms with E-state index >= 15 is 0 Å². The normalized spacial score (nSPS) is 10.0. The zero-order valence-corrected chi connectivity index (χ0v) is 9.25. The van der Waals surface area contributed by atoms with Crippen molar-refractivity contribution in [3.05, 3.63) is 29.3 Å². The van der Waals surface area contributed by atoms with Gasteiger partial charge in [0.1, 0.15) is 0 Å². The van der Waals surface area contributed by atoms with Crippen molar-refractivity contribution in [3.63, 3.8) is 0 Å². The molecule has 0 fully saturated rings. The third-order valence-electron chi connectivity index (χ3n) is 1.72. The van der Waals surface area contributed by atoms with E-state index in [0.29, 0.717) is 0 Å². The first-order valence-corrected chi connectivity index (χ1v) is 5.19. The maximum atomic E-state index is 13.6. The van der Waals surface area contributed by atoms with Crippen molar-refractivity contribution >= 4 is 27.6 Å². The van der Waals surface area contributed by atoms with Crippen LogP contribution in [0.25, 0.3) is 0 Å². The van der Waals surface area contributed by atoms with Crippen LogP contribution < -0.4 is 5.73 Å². The molecule has 6 heteroatoms. The second-order valence-electron chi connectivity index (χ2n) is 2.82. The molecule has 0 aliphatic rings. The highest BCUT2D eigenvalue weighted by atomic mass is 79.9. The van der Waals surface area contributed by atoms with Crippen LogP contribution in [0, 0.1) is 5.82 Å². The highest BCUT2D eigenvalue weighted by Gasteiger charge is 2.15. The van der Waals surface area contributed by atoms with Gasteiger partial charge in [-0.1, -0.05) is 15.9 Å². The van der Waals surface area contributed by atoms with Crippen LogP contribution >= 0.6 is 15.9 Å². The number of hydrogen-bond donors (Lipinski definition) is 1. The van der Waals surface area contributed by atoms with Gasteiger partial charge in [-0.15, -0.1) is 0 Å². The molecule has 0 aliphatic carbocycles. The molecule has 0 aromatic carbocycles. The number of halogens is 2. The highest BCUT2D eigenvalue weighted by Crippen LogP contribution is 2.12. The fourth-order valence-electron chi connectivity index (χ4n) is 1.06. The quantitative estimate of drug-likeness (QED) is 0.653. The van der Waals surface area contributed by atoms with E-state index in [2.05, 4.69) is 20.9 Å². The van der Waals surface area contributed by atoms with Crippen LogP contribution in [0.2, 0.25) is 0 Å². The van der Waals surface area contributed by atoms with Gasteiger partial charge in [0.15, 0.2) is 11.6 Å². The number of carbonyl (C=O) groups is 2. The first kappa shape index (κ1) is 11.8. The summed E-state index contributed by atoms with van der Waals surface area (Å²) in [6, 6.07) is 1.27. The van der Waals surface area contributed by atoms with Crippen molar-refractivity contribution < 1.29 is 14.0 Å². The third kappa shape index (κ3) is 2.82. The lowest BCUT2D eigenvalue weighted by Gasteiger charge is -2.03. The third-order valence-corrected chi connectivity index (χ3v) is 2.23. The number of nitrogens with two attached hydrogens (primary N) is 1. The maximum absolute atomic E-state index is 13.6. The molecule has 0 saturated heterocycles. The van der Waals surface area contributed by atoms with E-state index in [1.54, 1.807) is 0 Å². The number of amides is 1. The number of nitrogens with zero attached hydrogens (tertiary/aromatic N) is 1. The van der Waals surface area contributed by atoms with Crippen LogP contribution in [-0.4, -0.2) is 22.0 Å². The van der Waals surface area contributed by atoms with Crippen LogP contribution in [0.5, 0.6) is 0 Å². The van der Waals surface area contributed by atoms with Crippen molar-refractivity contribution in [2.24, 2.45) is 5.73 Å². The van der Waals surface area contributed by atoms with Gasteiger partial charge in [0.2, 0.25) is 5.91 Å². The maximum Gasteiger partial charge on any atom is 0.223 e. The Morgan fingerprint density at radius 3 is 2.73 bits per heavy atom. The van der Waals surface area contributed by atoms with Gasteiger partial charge in [-0.3, -0.25) is 14.6 Å². The zero-order chi connectivity index (χ0) is 11.4. The lowest BCUT2D eigenvalue weighted by atomic mass is 10.1. The highest BCUT2D eigenvalue weighted by molar-refractivity contribution is 9.09. The number of rotatable bonds is 4. The molecule has 1 aromatic heterocycles. The second kappa shape index (κ2) is 4.97. The van der Waals surface area contributed by atoms with Gasteiger partial charge in [-0.25, -0.2) is 4.39 Å². The molecule has 0 saturated carbocycles. The Hall–Kier alpha value is -1.30. The summed E-state index contributed by atoms with van der Waals surface area (Å²) in [5.41, 5.74) is 4.72. The summed E-state index contributed by atoms with van der Waals surface area (Å²) in [6.07, 6.45) is 0.965. The number of carbonyl (C=O) groups excluding carboxylic acids is 2. The fraction of sp³-hybridized carbons (Fsp3) is 0.222. The molecule has 1 amide bonds. The van der Waals surface area contributed by atoms with Gasteiger partial charge in [0.05, 0.1) is 23.0 Å². The van der Waals surface area contributed by atoms with Gasteiger partial charge >= 0.3 is 0 Å². The Labute approximate surface area is 93.8 Å². The molecule has 0 atom stereocenters. The number of hydrogen-bond acceptors (Lipinski definition) is 3. The standard InChI is InChI=1S/C9H8BrFN2O2/c10-4-7(14)5-1-2-13-6(9(5)11)3-8(12)15/h1-2H,3-4H2,(H2,12,15). The Morgan fingerprint density at radius 2 is 2.20 bits per heavy atom. The van der Waals surface area contributed by atoms with E-state index in [0.717, 1.165) is 0 Å². The molecule has 1 aromatic rings. The molecule has 15 heavy (non-hydrogen) atoms. The Balaban J connectivity index is 3.11. The van der Waals surface area contributed by atoms with E-state index in [9.17, 15) is 14.0 Å². The van der Waals surface area contributed by atoms with Crippen molar-refractivity contribution in [1.82, 2.24) is 4.98 Å². The molecule has 0 aliphatic heterocycles. The number of pyridine rings is 1. The number of primary amides is 1. The largest absolute Gasteiger partial charge is 0.369 e. The average molecular weight is 275 g/mol. The SMILES string of the molecule is NC(=O)Cc1nccc(C(=O)CBr)c1F. The van der Waals surface area contributed by atoms with Crippen LogP contribution in [0.3, 0.4) is 0 Å². The fourth-order valence-corrected chi connectivity index (χ4v) is 1.36. The van der Waals surface area contributed by atoms with Crippen molar-refractivity contribution in [1.29, 1.82) is 0 Å². The summed E-state index contributed by atoms with van der Waals surface area (Å²) in [6.45, 7) is 0. The minimum absolute atomic E-state index is 0.0178. The van der Waals surface area contributed by atoms with E-state index in [4.69, 9.17) is 5.73 Å². The number of ketones is 1.